The summed E-state index contributed by atoms with van der Waals surface area (Å²) in [4.78, 5) is 14.2. The molecule has 7 heteroatoms. The van der Waals surface area contributed by atoms with Gasteiger partial charge in [-0.2, -0.15) is 0 Å². The molecule has 1 saturated heterocycles. The Bertz CT molecular complexity index is 637. The van der Waals surface area contributed by atoms with Gasteiger partial charge >= 0.3 is 0 Å². The Balaban J connectivity index is 2.03. The number of hydrogen-bond donors (Lipinski definition) is 0. The van der Waals surface area contributed by atoms with Gasteiger partial charge in [-0.3, -0.25) is 4.79 Å². The van der Waals surface area contributed by atoms with Crippen molar-refractivity contribution in [2.75, 3.05) is 38.4 Å². The van der Waals surface area contributed by atoms with E-state index in [0.717, 1.165) is 5.69 Å². The molecule has 2 rings (SSSR count). The van der Waals surface area contributed by atoms with E-state index < -0.39 is 10.0 Å². The number of amides is 1. The third kappa shape index (κ3) is 3.78. The van der Waals surface area contributed by atoms with E-state index in [4.69, 9.17) is 4.74 Å². The van der Waals surface area contributed by atoms with Gasteiger partial charge in [-0.05, 0) is 25.0 Å². The van der Waals surface area contributed by atoms with Crippen LogP contribution in [0.15, 0.2) is 24.3 Å². The minimum absolute atomic E-state index is 0.0152. The molecule has 122 valence electrons. The summed E-state index contributed by atoms with van der Waals surface area (Å²) in [6.45, 7) is 0.808. The Labute approximate surface area is 131 Å². The van der Waals surface area contributed by atoms with Crippen molar-refractivity contribution in [3.63, 3.8) is 0 Å². The lowest BCUT2D eigenvalue weighted by Crippen LogP contribution is -2.43. The third-order valence-electron chi connectivity index (χ3n) is 4.04. The normalized spacial score (nSPS) is 17.2. The van der Waals surface area contributed by atoms with Crippen LogP contribution in [-0.2, 0) is 14.8 Å². The van der Waals surface area contributed by atoms with Crippen molar-refractivity contribution < 1.29 is 17.9 Å². The number of benzene rings is 1. The van der Waals surface area contributed by atoms with E-state index in [1.54, 1.807) is 19.1 Å². The molecule has 0 radical (unpaired) electrons. The standard InChI is InChI=1S/C15H22N2O4S/c1-16(13-5-4-6-14(11-13)21-2)15(18)12-7-9-17(10-8-12)22(3,19)20/h4-6,11-12H,7-10H2,1-3H3. The fourth-order valence-corrected chi connectivity index (χ4v) is 3.53. The summed E-state index contributed by atoms with van der Waals surface area (Å²) in [5.74, 6) is 0.569. The molecule has 0 unspecified atom stereocenters. The Morgan fingerprint density at radius 3 is 2.50 bits per heavy atom. The molecule has 1 aliphatic rings. The molecule has 0 aromatic heterocycles. The van der Waals surface area contributed by atoms with Crippen LogP contribution in [0.2, 0.25) is 0 Å². The summed E-state index contributed by atoms with van der Waals surface area (Å²) in [5.41, 5.74) is 0.773. The monoisotopic (exact) mass is 326 g/mol. The lowest BCUT2D eigenvalue weighted by atomic mass is 9.96. The fraction of sp³-hybridized carbons (Fsp3) is 0.533. The largest absolute Gasteiger partial charge is 0.497 e. The number of piperidine rings is 1. The second kappa shape index (κ2) is 6.66. The van der Waals surface area contributed by atoms with Crippen LogP contribution in [-0.4, -0.2) is 52.1 Å². The van der Waals surface area contributed by atoms with E-state index in [2.05, 4.69) is 0 Å². The quantitative estimate of drug-likeness (QED) is 0.837. The second-order valence-corrected chi connectivity index (χ2v) is 7.52. The van der Waals surface area contributed by atoms with Crippen LogP contribution in [0, 0.1) is 5.92 Å². The first-order valence-electron chi connectivity index (χ1n) is 7.19. The molecule has 0 atom stereocenters. The van der Waals surface area contributed by atoms with Gasteiger partial charge in [0.15, 0.2) is 0 Å². The number of rotatable bonds is 4. The van der Waals surface area contributed by atoms with Gasteiger partial charge < -0.3 is 9.64 Å². The van der Waals surface area contributed by atoms with E-state index >= 15 is 0 Å². The molecule has 6 nitrogen and oxygen atoms in total. The molecule has 0 aliphatic carbocycles. The zero-order valence-electron chi connectivity index (χ0n) is 13.2. The first-order chi connectivity index (χ1) is 10.3. The van der Waals surface area contributed by atoms with E-state index in [0.29, 0.717) is 31.7 Å². The van der Waals surface area contributed by atoms with Crippen LogP contribution in [0.25, 0.3) is 0 Å². The number of ether oxygens (including phenoxy) is 1. The summed E-state index contributed by atoms with van der Waals surface area (Å²) in [6.07, 6.45) is 2.32. The molecule has 1 aromatic carbocycles. The zero-order chi connectivity index (χ0) is 16.3. The van der Waals surface area contributed by atoms with Crippen molar-refractivity contribution in [3.8, 4) is 5.75 Å². The Morgan fingerprint density at radius 1 is 1.32 bits per heavy atom. The fourth-order valence-electron chi connectivity index (χ4n) is 2.65. The van der Waals surface area contributed by atoms with Crippen molar-refractivity contribution in [1.82, 2.24) is 4.31 Å². The van der Waals surface area contributed by atoms with Gasteiger partial charge in [0.25, 0.3) is 0 Å². The minimum atomic E-state index is -3.16. The number of sulfonamides is 1. The van der Waals surface area contributed by atoms with Crippen molar-refractivity contribution in [2.24, 2.45) is 5.92 Å². The van der Waals surface area contributed by atoms with E-state index in [9.17, 15) is 13.2 Å². The highest BCUT2D eigenvalue weighted by molar-refractivity contribution is 7.88. The highest BCUT2D eigenvalue weighted by Crippen LogP contribution is 2.25. The van der Waals surface area contributed by atoms with E-state index in [1.165, 1.54) is 10.6 Å². The van der Waals surface area contributed by atoms with Crippen molar-refractivity contribution in [2.45, 2.75) is 12.8 Å². The predicted octanol–water partition coefficient (Wildman–Crippen LogP) is 1.33. The minimum Gasteiger partial charge on any atom is -0.497 e. The number of methoxy groups -OCH3 is 1. The second-order valence-electron chi connectivity index (χ2n) is 5.54. The van der Waals surface area contributed by atoms with Crippen LogP contribution in [0.4, 0.5) is 5.69 Å². The lowest BCUT2D eigenvalue weighted by Gasteiger charge is -2.31. The highest BCUT2D eigenvalue weighted by atomic mass is 32.2. The maximum absolute atomic E-state index is 12.6. The molecular weight excluding hydrogens is 304 g/mol. The molecule has 0 saturated carbocycles. The topological polar surface area (TPSA) is 66.9 Å². The highest BCUT2D eigenvalue weighted by Gasteiger charge is 2.30. The zero-order valence-corrected chi connectivity index (χ0v) is 14.0. The first-order valence-corrected chi connectivity index (χ1v) is 9.04. The van der Waals surface area contributed by atoms with Gasteiger partial charge in [-0.15, -0.1) is 0 Å². The third-order valence-corrected chi connectivity index (χ3v) is 5.35. The van der Waals surface area contributed by atoms with Gasteiger partial charge in [0.2, 0.25) is 15.9 Å². The van der Waals surface area contributed by atoms with Crippen molar-refractivity contribution in [1.29, 1.82) is 0 Å². The van der Waals surface area contributed by atoms with Crippen molar-refractivity contribution in [3.05, 3.63) is 24.3 Å². The molecule has 22 heavy (non-hydrogen) atoms. The molecule has 1 aliphatic heterocycles. The molecule has 1 aromatic rings. The molecular formula is C15H22N2O4S. The van der Waals surface area contributed by atoms with Gasteiger partial charge in [0.1, 0.15) is 5.75 Å². The summed E-state index contributed by atoms with van der Waals surface area (Å²) < 4.78 is 29.6. The van der Waals surface area contributed by atoms with Gasteiger partial charge in [0, 0.05) is 37.8 Å². The molecule has 0 spiro atoms. The van der Waals surface area contributed by atoms with Crippen LogP contribution >= 0.6 is 0 Å². The average Bonchev–Trinajstić information content (AvgIpc) is 2.53. The number of carbonyl (C=O) groups is 1. The smallest absolute Gasteiger partial charge is 0.229 e. The molecule has 0 bridgehead atoms. The summed E-state index contributed by atoms with van der Waals surface area (Å²) in [5, 5.41) is 0. The number of anilines is 1. The van der Waals surface area contributed by atoms with Crippen LogP contribution < -0.4 is 9.64 Å². The first kappa shape index (κ1) is 16.8. The Morgan fingerprint density at radius 2 is 1.95 bits per heavy atom. The predicted molar refractivity (Wildman–Crippen MR) is 85.5 cm³/mol. The average molecular weight is 326 g/mol. The summed E-state index contributed by atoms with van der Waals surface area (Å²) in [7, 11) is 0.157. The number of nitrogens with zero attached hydrogens (tertiary/aromatic N) is 2. The molecule has 1 heterocycles. The maximum atomic E-state index is 12.6. The number of hydrogen-bond acceptors (Lipinski definition) is 4. The molecule has 1 amide bonds. The van der Waals surface area contributed by atoms with Gasteiger partial charge in [0.05, 0.1) is 13.4 Å². The van der Waals surface area contributed by atoms with Gasteiger partial charge in [-0.1, -0.05) is 6.07 Å². The summed E-state index contributed by atoms with van der Waals surface area (Å²) in [6, 6.07) is 7.33. The summed E-state index contributed by atoms with van der Waals surface area (Å²) >= 11 is 0. The Hall–Kier alpha value is -1.60. The van der Waals surface area contributed by atoms with Gasteiger partial charge in [-0.25, -0.2) is 12.7 Å². The van der Waals surface area contributed by atoms with Crippen LogP contribution in [0.3, 0.4) is 0 Å². The maximum Gasteiger partial charge on any atom is 0.229 e. The molecule has 1 fully saturated rings. The van der Waals surface area contributed by atoms with E-state index in [-0.39, 0.29) is 11.8 Å². The van der Waals surface area contributed by atoms with E-state index in [1.807, 2.05) is 24.3 Å². The van der Waals surface area contributed by atoms with Crippen molar-refractivity contribution >= 4 is 21.6 Å². The Kier molecular flexibility index (Phi) is 5.08. The van der Waals surface area contributed by atoms with Crippen LogP contribution in [0.5, 0.6) is 5.75 Å². The lowest BCUT2D eigenvalue weighted by molar-refractivity contribution is -0.123. The number of carbonyl (C=O) groups excluding carboxylic acids is 1. The van der Waals surface area contributed by atoms with Crippen LogP contribution in [0.1, 0.15) is 12.8 Å². The molecule has 0 N–H and O–H groups in total. The SMILES string of the molecule is COc1cccc(N(C)C(=O)C2CCN(S(C)(=O)=O)CC2)c1.